The summed E-state index contributed by atoms with van der Waals surface area (Å²) in [5.41, 5.74) is 0. The van der Waals surface area contributed by atoms with Gasteiger partial charge in [0.1, 0.15) is 0 Å². The molecular formula is C12H26. The van der Waals surface area contributed by atoms with E-state index < -0.39 is 0 Å². The van der Waals surface area contributed by atoms with Crippen LogP contribution in [0, 0.1) is 11.8 Å². The minimum Gasteiger partial charge on any atom is -0.0656 e. The first kappa shape index (κ1) is 12.0. The molecule has 74 valence electrons. The Kier molecular flexibility index (Phi) is 7.64. The van der Waals surface area contributed by atoms with Crippen LogP contribution in [-0.4, -0.2) is 0 Å². The molecule has 0 heterocycles. The second-order valence-corrected chi connectivity index (χ2v) is 4.35. The van der Waals surface area contributed by atoms with Crippen LogP contribution < -0.4 is 0 Å². The summed E-state index contributed by atoms with van der Waals surface area (Å²) in [6, 6.07) is 0. The summed E-state index contributed by atoms with van der Waals surface area (Å²) in [6.07, 6.45) is 8.71. The molecule has 0 saturated heterocycles. The van der Waals surface area contributed by atoms with Gasteiger partial charge in [0.05, 0.1) is 0 Å². The van der Waals surface area contributed by atoms with Gasteiger partial charge < -0.3 is 0 Å². The van der Waals surface area contributed by atoms with Gasteiger partial charge in [-0.1, -0.05) is 66.2 Å². The fourth-order valence-corrected chi connectivity index (χ4v) is 1.80. The van der Waals surface area contributed by atoms with Crippen molar-refractivity contribution in [2.45, 2.75) is 66.2 Å². The molecule has 1 aliphatic rings. The Balaban J connectivity index is 0.000000354. The van der Waals surface area contributed by atoms with Crippen molar-refractivity contribution in [3.63, 3.8) is 0 Å². The van der Waals surface area contributed by atoms with Gasteiger partial charge in [-0.25, -0.2) is 0 Å². The summed E-state index contributed by atoms with van der Waals surface area (Å²) in [5, 5.41) is 0. The molecule has 0 bridgehead atoms. The van der Waals surface area contributed by atoms with E-state index in [2.05, 4.69) is 27.7 Å². The van der Waals surface area contributed by atoms with Crippen molar-refractivity contribution >= 4 is 0 Å². The van der Waals surface area contributed by atoms with Crippen molar-refractivity contribution in [1.82, 2.24) is 0 Å². The lowest BCUT2D eigenvalue weighted by molar-refractivity contribution is 0.279. The van der Waals surface area contributed by atoms with E-state index in [1.807, 2.05) is 0 Å². The molecule has 1 rings (SSSR count). The van der Waals surface area contributed by atoms with E-state index in [9.17, 15) is 0 Å². The minimum absolute atomic E-state index is 0.935. The van der Waals surface area contributed by atoms with Gasteiger partial charge in [-0.2, -0.15) is 0 Å². The van der Waals surface area contributed by atoms with Crippen LogP contribution in [0.2, 0.25) is 0 Å². The van der Waals surface area contributed by atoms with Crippen molar-refractivity contribution in [1.29, 1.82) is 0 Å². The molecule has 0 aromatic heterocycles. The average Bonchev–Trinajstić information content (AvgIpc) is 2.07. The first-order valence-corrected chi connectivity index (χ1v) is 5.72. The molecule has 0 unspecified atom stereocenters. The Morgan fingerprint density at radius 3 is 1.67 bits per heavy atom. The van der Waals surface area contributed by atoms with Crippen molar-refractivity contribution in [2.75, 3.05) is 0 Å². The zero-order valence-electron chi connectivity index (χ0n) is 9.40. The van der Waals surface area contributed by atoms with Gasteiger partial charge in [0.25, 0.3) is 0 Å². The summed E-state index contributed by atoms with van der Waals surface area (Å²) in [5.74, 6) is 1.99. The molecule has 0 aromatic rings. The van der Waals surface area contributed by atoms with E-state index in [0.29, 0.717) is 0 Å². The summed E-state index contributed by atoms with van der Waals surface area (Å²) < 4.78 is 0. The Bertz CT molecular complexity index is 78.0. The van der Waals surface area contributed by atoms with Crippen LogP contribution in [0.5, 0.6) is 0 Å². The lowest BCUT2D eigenvalue weighted by Gasteiger charge is -2.24. The normalized spacial score (nSPS) is 18.8. The maximum Gasteiger partial charge on any atom is -0.0391 e. The minimum atomic E-state index is 0.935. The van der Waals surface area contributed by atoms with Gasteiger partial charge in [0.15, 0.2) is 0 Å². The molecule has 1 fully saturated rings. The summed E-state index contributed by atoms with van der Waals surface area (Å²) in [7, 11) is 0. The van der Waals surface area contributed by atoms with Gasteiger partial charge >= 0.3 is 0 Å². The highest BCUT2D eigenvalue weighted by molar-refractivity contribution is 4.67. The maximum atomic E-state index is 2.36. The highest BCUT2D eigenvalue weighted by Gasteiger charge is 2.15. The van der Waals surface area contributed by atoms with Crippen LogP contribution in [0.1, 0.15) is 66.2 Å². The van der Waals surface area contributed by atoms with E-state index in [0.717, 1.165) is 11.8 Å². The fourth-order valence-electron chi connectivity index (χ4n) is 1.80. The Hall–Kier alpha value is 0. The number of rotatable bonds is 1. The summed E-state index contributed by atoms with van der Waals surface area (Å²) >= 11 is 0. The first-order valence-electron chi connectivity index (χ1n) is 5.72. The Labute approximate surface area is 78.8 Å². The van der Waals surface area contributed by atoms with E-state index in [4.69, 9.17) is 0 Å². The molecule has 0 aliphatic heterocycles. The average molecular weight is 170 g/mol. The Morgan fingerprint density at radius 1 is 1.00 bits per heavy atom. The van der Waals surface area contributed by atoms with Gasteiger partial charge in [-0.05, 0) is 11.8 Å². The summed E-state index contributed by atoms with van der Waals surface area (Å²) in [6.45, 7) is 8.96. The molecule has 0 atom stereocenters. The Morgan fingerprint density at radius 2 is 1.42 bits per heavy atom. The third-order valence-electron chi connectivity index (χ3n) is 2.59. The van der Waals surface area contributed by atoms with Crippen molar-refractivity contribution in [3.05, 3.63) is 0 Å². The molecule has 0 heteroatoms. The number of hydrogen-bond donors (Lipinski definition) is 0. The topological polar surface area (TPSA) is 0 Å². The monoisotopic (exact) mass is 170 g/mol. The third-order valence-corrected chi connectivity index (χ3v) is 2.59. The molecular weight excluding hydrogens is 144 g/mol. The van der Waals surface area contributed by atoms with E-state index in [-0.39, 0.29) is 0 Å². The van der Waals surface area contributed by atoms with Crippen molar-refractivity contribution in [2.24, 2.45) is 11.8 Å². The van der Waals surface area contributed by atoms with Crippen LogP contribution in [0.15, 0.2) is 0 Å². The van der Waals surface area contributed by atoms with Crippen LogP contribution in [0.4, 0.5) is 0 Å². The second-order valence-electron chi connectivity index (χ2n) is 4.35. The van der Waals surface area contributed by atoms with Gasteiger partial charge in [-0.15, -0.1) is 0 Å². The van der Waals surface area contributed by atoms with E-state index >= 15 is 0 Å². The molecule has 1 saturated carbocycles. The largest absolute Gasteiger partial charge is 0.0656 e. The predicted molar refractivity (Wildman–Crippen MR) is 57.4 cm³/mol. The van der Waals surface area contributed by atoms with Gasteiger partial charge in [-0.3, -0.25) is 0 Å². The number of hydrogen-bond acceptors (Lipinski definition) is 0. The van der Waals surface area contributed by atoms with Crippen LogP contribution >= 0.6 is 0 Å². The lowest BCUT2D eigenvalue weighted by atomic mass is 9.82. The molecule has 0 amide bonds. The first-order chi connectivity index (χ1) is 5.72. The maximum absolute atomic E-state index is 2.36. The molecule has 0 spiro atoms. The predicted octanol–water partition coefficient (Wildman–Crippen LogP) is 4.64. The standard InChI is InChI=1S/C9H18.C3H8/c1-8(2)9-6-4-3-5-7-9;1-3-2/h8-9H,3-7H2,1-2H3;3H2,1-2H3. The molecule has 0 nitrogen and oxygen atoms in total. The highest BCUT2D eigenvalue weighted by atomic mass is 14.2. The van der Waals surface area contributed by atoms with Gasteiger partial charge in [0, 0.05) is 0 Å². The van der Waals surface area contributed by atoms with Crippen LogP contribution in [-0.2, 0) is 0 Å². The highest BCUT2D eigenvalue weighted by Crippen LogP contribution is 2.29. The van der Waals surface area contributed by atoms with E-state index in [1.54, 1.807) is 0 Å². The quantitative estimate of drug-likeness (QED) is 0.538. The molecule has 0 aromatic carbocycles. The SMILES string of the molecule is CC(C)C1CCCCC1.CCC. The molecule has 12 heavy (non-hydrogen) atoms. The molecule has 0 radical (unpaired) electrons. The van der Waals surface area contributed by atoms with Crippen molar-refractivity contribution < 1.29 is 0 Å². The fraction of sp³-hybridized carbons (Fsp3) is 1.00. The van der Waals surface area contributed by atoms with E-state index in [1.165, 1.54) is 38.5 Å². The van der Waals surface area contributed by atoms with Gasteiger partial charge in [0.2, 0.25) is 0 Å². The second kappa shape index (κ2) is 7.64. The molecule has 0 N–H and O–H groups in total. The van der Waals surface area contributed by atoms with Crippen LogP contribution in [0.3, 0.4) is 0 Å². The smallest absolute Gasteiger partial charge is 0.0391 e. The zero-order chi connectivity index (χ0) is 9.40. The summed E-state index contributed by atoms with van der Waals surface area (Å²) in [4.78, 5) is 0. The van der Waals surface area contributed by atoms with Crippen LogP contribution in [0.25, 0.3) is 0 Å². The lowest BCUT2D eigenvalue weighted by Crippen LogP contribution is -2.12. The zero-order valence-corrected chi connectivity index (χ0v) is 9.40. The van der Waals surface area contributed by atoms with Crippen molar-refractivity contribution in [3.8, 4) is 0 Å². The third kappa shape index (κ3) is 5.62. The molecule has 1 aliphatic carbocycles.